The van der Waals surface area contributed by atoms with Crippen LogP contribution in [0.2, 0.25) is 0 Å². The Kier molecular flexibility index (Phi) is 3.20. The Labute approximate surface area is 100 Å². The molecular formula is C11H15NO4S. The minimum absolute atomic E-state index is 0.0309. The highest BCUT2D eigenvalue weighted by atomic mass is 32.2. The van der Waals surface area contributed by atoms with E-state index in [4.69, 9.17) is 10.8 Å². The monoisotopic (exact) mass is 257 g/mol. The van der Waals surface area contributed by atoms with E-state index >= 15 is 0 Å². The highest BCUT2D eigenvalue weighted by Gasteiger charge is 2.31. The van der Waals surface area contributed by atoms with Gasteiger partial charge in [-0.1, -0.05) is 0 Å². The topological polar surface area (TPSA) is 97.5 Å². The Morgan fingerprint density at radius 2 is 1.82 bits per heavy atom. The lowest BCUT2D eigenvalue weighted by Gasteiger charge is -2.19. The summed E-state index contributed by atoms with van der Waals surface area (Å²) in [5, 5.41) is 8.88. The summed E-state index contributed by atoms with van der Waals surface area (Å²) < 4.78 is 23.2. The molecule has 0 aliphatic rings. The van der Waals surface area contributed by atoms with Gasteiger partial charge in [0, 0.05) is 5.69 Å². The van der Waals surface area contributed by atoms with E-state index in [-0.39, 0.29) is 16.1 Å². The minimum Gasteiger partial charge on any atom is -0.478 e. The van der Waals surface area contributed by atoms with Crippen LogP contribution >= 0.6 is 0 Å². The molecule has 5 nitrogen and oxygen atoms in total. The lowest BCUT2D eigenvalue weighted by molar-refractivity contribution is 0.0698. The molecular weight excluding hydrogens is 242 g/mol. The van der Waals surface area contributed by atoms with Crippen LogP contribution in [0.25, 0.3) is 0 Å². The summed E-state index contributed by atoms with van der Waals surface area (Å²) in [5.41, 5.74) is 5.31. The number of aromatic carboxylic acids is 1. The van der Waals surface area contributed by atoms with Gasteiger partial charge in [-0.3, -0.25) is 0 Å². The fraction of sp³-hybridized carbons (Fsp3) is 0.364. The second-order valence-electron chi connectivity index (χ2n) is 4.67. The second kappa shape index (κ2) is 4.03. The largest absolute Gasteiger partial charge is 0.478 e. The molecule has 0 unspecified atom stereocenters. The third-order valence-corrected chi connectivity index (χ3v) is 4.86. The predicted molar refractivity (Wildman–Crippen MR) is 64.8 cm³/mol. The van der Waals surface area contributed by atoms with Crippen molar-refractivity contribution in [1.29, 1.82) is 0 Å². The fourth-order valence-electron chi connectivity index (χ4n) is 1.24. The van der Waals surface area contributed by atoms with Crippen molar-refractivity contribution in [3.8, 4) is 0 Å². The molecule has 0 heterocycles. The van der Waals surface area contributed by atoms with Crippen LogP contribution in [0, 0.1) is 0 Å². The highest BCUT2D eigenvalue weighted by Crippen LogP contribution is 2.27. The molecule has 3 N–H and O–H groups in total. The normalized spacial score (nSPS) is 12.4. The van der Waals surface area contributed by atoms with Crippen molar-refractivity contribution in [2.45, 2.75) is 30.4 Å². The summed E-state index contributed by atoms with van der Waals surface area (Å²) in [7, 11) is -3.57. The van der Waals surface area contributed by atoms with Crippen molar-refractivity contribution in [3.63, 3.8) is 0 Å². The van der Waals surface area contributed by atoms with E-state index in [1.807, 2.05) is 0 Å². The van der Waals surface area contributed by atoms with Crippen LogP contribution in [-0.4, -0.2) is 24.2 Å². The molecule has 0 aliphatic heterocycles. The first-order chi connectivity index (χ1) is 7.57. The van der Waals surface area contributed by atoms with Gasteiger partial charge in [-0.25, -0.2) is 13.2 Å². The molecule has 0 aromatic heterocycles. The minimum atomic E-state index is -3.57. The first-order valence-corrected chi connectivity index (χ1v) is 6.43. The SMILES string of the molecule is CC(C)(C)S(=O)(=O)c1ccc(N)c(C(=O)O)c1. The lowest BCUT2D eigenvalue weighted by Crippen LogP contribution is -2.28. The summed E-state index contributed by atoms with van der Waals surface area (Å²) in [4.78, 5) is 10.8. The van der Waals surface area contributed by atoms with E-state index in [0.29, 0.717) is 0 Å². The average Bonchev–Trinajstić information content (AvgIpc) is 2.15. The standard InChI is InChI=1S/C11H15NO4S/c1-11(2,3)17(15,16)7-4-5-9(12)8(6-7)10(13)14/h4-6H,12H2,1-3H3,(H,13,14). The Morgan fingerprint density at radius 3 is 2.24 bits per heavy atom. The van der Waals surface area contributed by atoms with Gasteiger partial charge in [-0.2, -0.15) is 0 Å². The van der Waals surface area contributed by atoms with Gasteiger partial charge in [0.25, 0.3) is 0 Å². The van der Waals surface area contributed by atoms with E-state index in [1.165, 1.54) is 12.1 Å². The van der Waals surface area contributed by atoms with Crippen LogP contribution < -0.4 is 5.73 Å². The zero-order chi connectivity index (χ0) is 13.4. The van der Waals surface area contributed by atoms with Gasteiger partial charge < -0.3 is 10.8 Å². The molecule has 6 heteroatoms. The van der Waals surface area contributed by atoms with Crippen LogP contribution in [0.3, 0.4) is 0 Å². The molecule has 0 aliphatic carbocycles. The number of carboxylic acids is 1. The molecule has 1 aromatic carbocycles. The lowest BCUT2D eigenvalue weighted by atomic mass is 10.2. The molecule has 0 radical (unpaired) electrons. The first kappa shape index (κ1) is 13.5. The van der Waals surface area contributed by atoms with E-state index in [1.54, 1.807) is 20.8 Å². The quantitative estimate of drug-likeness (QED) is 0.783. The zero-order valence-corrected chi connectivity index (χ0v) is 10.7. The Hall–Kier alpha value is -1.56. The van der Waals surface area contributed by atoms with E-state index in [0.717, 1.165) is 6.07 Å². The van der Waals surface area contributed by atoms with Crippen LogP contribution in [0.15, 0.2) is 23.1 Å². The van der Waals surface area contributed by atoms with Crippen molar-refractivity contribution in [3.05, 3.63) is 23.8 Å². The fourth-order valence-corrected chi connectivity index (χ4v) is 2.47. The molecule has 1 aromatic rings. The second-order valence-corrected chi connectivity index (χ2v) is 7.37. The molecule has 0 atom stereocenters. The van der Waals surface area contributed by atoms with Crippen molar-refractivity contribution >= 4 is 21.5 Å². The number of anilines is 1. The number of rotatable bonds is 2. The molecule has 0 amide bonds. The molecule has 0 bridgehead atoms. The van der Waals surface area contributed by atoms with Crippen LogP contribution in [-0.2, 0) is 9.84 Å². The van der Waals surface area contributed by atoms with Gasteiger partial charge in [-0.15, -0.1) is 0 Å². The number of carbonyl (C=O) groups is 1. The summed E-state index contributed by atoms with van der Waals surface area (Å²) in [6, 6.07) is 3.71. The van der Waals surface area contributed by atoms with Gasteiger partial charge in [0.2, 0.25) is 0 Å². The smallest absolute Gasteiger partial charge is 0.337 e. The van der Waals surface area contributed by atoms with Gasteiger partial charge in [0.15, 0.2) is 9.84 Å². The molecule has 1 rings (SSSR count). The first-order valence-electron chi connectivity index (χ1n) is 4.95. The molecule has 0 spiro atoms. The number of carboxylic acid groups (broad SMARTS) is 1. The van der Waals surface area contributed by atoms with E-state index in [9.17, 15) is 13.2 Å². The number of nitrogen functional groups attached to an aromatic ring is 1. The molecule has 0 saturated carbocycles. The van der Waals surface area contributed by atoms with Gasteiger partial charge in [0.05, 0.1) is 15.2 Å². The van der Waals surface area contributed by atoms with Gasteiger partial charge in [0.1, 0.15) is 0 Å². The summed E-state index contributed by atoms with van der Waals surface area (Å²) >= 11 is 0. The number of hydrogen-bond acceptors (Lipinski definition) is 4. The number of sulfone groups is 1. The van der Waals surface area contributed by atoms with Gasteiger partial charge in [-0.05, 0) is 39.0 Å². The summed E-state index contributed by atoms with van der Waals surface area (Å²) in [6.07, 6.45) is 0. The Morgan fingerprint density at radius 1 is 1.29 bits per heavy atom. The third kappa shape index (κ3) is 2.41. The summed E-state index contributed by atoms with van der Waals surface area (Å²) in [5.74, 6) is -1.24. The number of benzene rings is 1. The van der Waals surface area contributed by atoms with Crippen LogP contribution in [0.1, 0.15) is 31.1 Å². The summed E-state index contributed by atoms with van der Waals surface area (Å²) in [6.45, 7) is 4.66. The number of hydrogen-bond donors (Lipinski definition) is 2. The van der Waals surface area contributed by atoms with Crippen molar-refractivity contribution in [1.82, 2.24) is 0 Å². The third-order valence-electron chi connectivity index (χ3n) is 2.37. The number of nitrogens with two attached hydrogens (primary N) is 1. The zero-order valence-electron chi connectivity index (χ0n) is 9.89. The van der Waals surface area contributed by atoms with Crippen LogP contribution in [0.4, 0.5) is 5.69 Å². The van der Waals surface area contributed by atoms with Crippen LogP contribution in [0.5, 0.6) is 0 Å². The molecule has 94 valence electrons. The molecule has 0 fully saturated rings. The van der Waals surface area contributed by atoms with Crippen molar-refractivity contribution < 1.29 is 18.3 Å². The Bertz CT molecular complexity index is 555. The van der Waals surface area contributed by atoms with Crippen molar-refractivity contribution in [2.24, 2.45) is 0 Å². The Balaban J connectivity index is 3.46. The molecule has 0 saturated heterocycles. The van der Waals surface area contributed by atoms with E-state index in [2.05, 4.69) is 0 Å². The average molecular weight is 257 g/mol. The van der Waals surface area contributed by atoms with Gasteiger partial charge >= 0.3 is 5.97 Å². The maximum Gasteiger partial charge on any atom is 0.337 e. The van der Waals surface area contributed by atoms with Crippen molar-refractivity contribution in [2.75, 3.05) is 5.73 Å². The maximum absolute atomic E-state index is 12.1. The predicted octanol–water partition coefficient (Wildman–Crippen LogP) is 1.54. The van der Waals surface area contributed by atoms with E-state index < -0.39 is 20.6 Å². The molecule has 17 heavy (non-hydrogen) atoms. The highest BCUT2D eigenvalue weighted by molar-refractivity contribution is 7.92. The maximum atomic E-state index is 12.1.